The van der Waals surface area contributed by atoms with Gasteiger partial charge in [-0.15, -0.1) is 0 Å². The Morgan fingerprint density at radius 1 is 1.48 bits per heavy atom. The minimum absolute atomic E-state index is 0.333. The number of pyridine rings is 1. The molecule has 0 aliphatic heterocycles. The molecule has 2 rings (SSSR count). The van der Waals surface area contributed by atoms with E-state index in [1.807, 2.05) is 19.2 Å². The van der Waals surface area contributed by atoms with Gasteiger partial charge in [-0.25, -0.2) is 0 Å². The van der Waals surface area contributed by atoms with Crippen LogP contribution in [0.2, 0.25) is 0 Å². The molecule has 1 aromatic heterocycles. The van der Waals surface area contributed by atoms with Crippen molar-refractivity contribution in [3.05, 3.63) is 30.1 Å². The predicted molar refractivity (Wildman–Crippen MR) is 97.2 cm³/mol. The van der Waals surface area contributed by atoms with Gasteiger partial charge >= 0.3 is 0 Å². The molecule has 1 aliphatic carbocycles. The number of aliphatic imine (C=N–C) groups is 1. The van der Waals surface area contributed by atoms with E-state index in [0.29, 0.717) is 11.3 Å². The molecule has 2 N–H and O–H groups in total. The van der Waals surface area contributed by atoms with Gasteiger partial charge in [-0.05, 0) is 37.3 Å². The summed E-state index contributed by atoms with van der Waals surface area (Å²) in [4.78, 5) is 8.43. The van der Waals surface area contributed by atoms with E-state index in [1.165, 1.54) is 5.56 Å². The number of nitrogens with one attached hydrogen (secondary N) is 2. The Morgan fingerprint density at radius 2 is 2.35 bits per heavy atom. The summed E-state index contributed by atoms with van der Waals surface area (Å²) in [5, 5.41) is 7.18. The second kappa shape index (κ2) is 9.65. The van der Waals surface area contributed by atoms with Crippen LogP contribution in [-0.2, 0) is 17.2 Å². The van der Waals surface area contributed by atoms with E-state index in [-0.39, 0.29) is 0 Å². The molecule has 3 unspecified atom stereocenters. The Hall–Kier alpha value is -1.43. The van der Waals surface area contributed by atoms with Gasteiger partial charge in [-0.2, -0.15) is 0 Å². The smallest absolute Gasteiger partial charge is 0.191 e. The summed E-state index contributed by atoms with van der Waals surface area (Å²) in [6.07, 6.45) is 8.93. The first-order valence-corrected chi connectivity index (χ1v) is 9.84. The van der Waals surface area contributed by atoms with Crippen molar-refractivity contribution in [2.45, 2.75) is 50.3 Å². The Bertz CT molecular complexity index is 521. The van der Waals surface area contributed by atoms with Crippen LogP contribution in [-0.4, -0.2) is 45.8 Å². The average Bonchev–Trinajstić information content (AvgIpc) is 2.61. The molecule has 0 aromatic carbocycles. The highest BCUT2D eigenvalue weighted by Crippen LogP contribution is 2.22. The molecular weight excluding hydrogens is 308 g/mol. The number of aromatic nitrogens is 1. The van der Waals surface area contributed by atoms with E-state index in [4.69, 9.17) is 0 Å². The van der Waals surface area contributed by atoms with Crippen LogP contribution in [0.5, 0.6) is 0 Å². The minimum Gasteiger partial charge on any atom is -0.356 e. The number of hydrogen-bond acceptors (Lipinski definition) is 3. The zero-order valence-corrected chi connectivity index (χ0v) is 14.9. The molecular formula is C17H28N4OS. The molecule has 0 bridgehead atoms. The Kier molecular flexibility index (Phi) is 7.52. The van der Waals surface area contributed by atoms with Crippen LogP contribution in [0.1, 0.15) is 38.2 Å². The van der Waals surface area contributed by atoms with Crippen LogP contribution in [0, 0.1) is 0 Å². The molecule has 0 spiro atoms. The molecule has 1 saturated carbocycles. The maximum absolute atomic E-state index is 12.0. The highest BCUT2D eigenvalue weighted by Gasteiger charge is 2.25. The minimum atomic E-state index is -0.688. The molecule has 23 heavy (non-hydrogen) atoms. The van der Waals surface area contributed by atoms with Crippen molar-refractivity contribution in [2.24, 2.45) is 4.99 Å². The van der Waals surface area contributed by atoms with Crippen molar-refractivity contribution >= 4 is 16.8 Å². The summed E-state index contributed by atoms with van der Waals surface area (Å²) >= 11 is 0. The van der Waals surface area contributed by atoms with Crippen LogP contribution < -0.4 is 10.6 Å². The monoisotopic (exact) mass is 336 g/mol. The van der Waals surface area contributed by atoms with Crippen molar-refractivity contribution in [1.82, 2.24) is 15.6 Å². The van der Waals surface area contributed by atoms with Gasteiger partial charge in [0.15, 0.2) is 5.96 Å². The quantitative estimate of drug-likeness (QED) is 0.615. The SMILES string of the molecule is CCS(=O)C1CCCC(NC(=NC)NCCc2cccnc2)C1. The molecule has 0 radical (unpaired) electrons. The predicted octanol–water partition coefficient (Wildman–Crippen LogP) is 1.87. The molecule has 1 fully saturated rings. The number of guanidine groups is 1. The normalized spacial score (nSPS) is 23.3. The van der Waals surface area contributed by atoms with Crippen LogP contribution in [0.4, 0.5) is 0 Å². The fraction of sp³-hybridized carbons (Fsp3) is 0.647. The fourth-order valence-electron chi connectivity index (χ4n) is 3.01. The van der Waals surface area contributed by atoms with Crippen LogP contribution >= 0.6 is 0 Å². The van der Waals surface area contributed by atoms with Gasteiger partial charge in [0.2, 0.25) is 0 Å². The highest BCUT2D eigenvalue weighted by atomic mass is 32.2. The third kappa shape index (κ3) is 5.94. The molecule has 6 heteroatoms. The Morgan fingerprint density at radius 3 is 3.04 bits per heavy atom. The van der Waals surface area contributed by atoms with Crippen molar-refractivity contribution in [1.29, 1.82) is 0 Å². The molecule has 1 aliphatic rings. The highest BCUT2D eigenvalue weighted by molar-refractivity contribution is 7.85. The Balaban J connectivity index is 1.77. The van der Waals surface area contributed by atoms with Crippen LogP contribution in [0.25, 0.3) is 0 Å². The zero-order valence-electron chi connectivity index (χ0n) is 14.1. The van der Waals surface area contributed by atoms with E-state index in [0.717, 1.165) is 50.4 Å². The summed E-state index contributed by atoms with van der Waals surface area (Å²) in [7, 11) is 1.11. The summed E-state index contributed by atoms with van der Waals surface area (Å²) in [6.45, 7) is 2.83. The van der Waals surface area contributed by atoms with E-state index in [1.54, 1.807) is 13.2 Å². The number of rotatable bonds is 6. The van der Waals surface area contributed by atoms with Gasteiger partial charge in [0.25, 0.3) is 0 Å². The molecule has 1 aromatic rings. The summed E-state index contributed by atoms with van der Waals surface area (Å²) in [5.74, 6) is 1.59. The zero-order chi connectivity index (χ0) is 16.5. The number of hydrogen-bond donors (Lipinski definition) is 2. The standard InChI is InChI=1S/C17H28N4OS/c1-3-23(22)16-8-4-7-15(12-16)21-17(18-2)20-11-9-14-6-5-10-19-13-14/h5-6,10,13,15-16H,3-4,7-9,11-12H2,1-2H3,(H2,18,20,21). The lowest BCUT2D eigenvalue weighted by Crippen LogP contribution is -2.47. The molecule has 0 amide bonds. The van der Waals surface area contributed by atoms with Gasteiger partial charge < -0.3 is 10.6 Å². The average molecular weight is 337 g/mol. The van der Waals surface area contributed by atoms with E-state index < -0.39 is 10.8 Å². The van der Waals surface area contributed by atoms with Crippen LogP contribution in [0.3, 0.4) is 0 Å². The summed E-state index contributed by atoms with van der Waals surface area (Å²) in [5.41, 5.74) is 1.21. The molecule has 5 nitrogen and oxygen atoms in total. The Labute approximate surface area is 141 Å². The van der Waals surface area contributed by atoms with Crippen molar-refractivity contribution in [3.63, 3.8) is 0 Å². The van der Waals surface area contributed by atoms with Gasteiger partial charge in [-0.3, -0.25) is 14.2 Å². The van der Waals surface area contributed by atoms with E-state index >= 15 is 0 Å². The van der Waals surface area contributed by atoms with Crippen molar-refractivity contribution < 1.29 is 4.21 Å². The molecule has 1 heterocycles. The summed E-state index contributed by atoms with van der Waals surface area (Å²) < 4.78 is 12.0. The number of nitrogens with zero attached hydrogens (tertiary/aromatic N) is 2. The first-order valence-electron chi connectivity index (χ1n) is 8.46. The third-order valence-electron chi connectivity index (χ3n) is 4.28. The maximum atomic E-state index is 12.0. The first-order chi connectivity index (χ1) is 11.2. The van der Waals surface area contributed by atoms with Crippen LogP contribution in [0.15, 0.2) is 29.5 Å². The van der Waals surface area contributed by atoms with Gasteiger partial charge in [0.05, 0.1) is 0 Å². The van der Waals surface area contributed by atoms with E-state index in [9.17, 15) is 4.21 Å². The second-order valence-electron chi connectivity index (χ2n) is 5.91. The first kappa shape index (κ1) is 17.9. The fourth-order valence-corrected chi connectivity index (χ4v) is 4.36. The topological polar surface area (TPSA) is 66.4 Å². The molecule has 0 saturated heterocycles. The van der Waals surface area contributed by atoms with E-state index in [2.05, 4.69) is 26.7 Å². The lowest BCUT2D eigenvalue weighted by molar-refractivity contribution is 0.413. The van der Waals surface area contributed by atoms with Crippen molar-refractivity contribution in [2.75, 3.05) is 19.3 Å². The third-order valence-corrected chi connectivity index (χ3v) is 6.02. The lowest BCUT2D eigenvalue weighted by atomic mass is 9.95. The van der Waals surface area contributed by atoms with Gasteiger partial charge in [0.1, 0.15) is 0 Å². The largest absolute Gasteiger partial charge is 0.356 e. The second-order valence-corrected chi connectivity index (χ2v) is 7.92. The molecule has 128 valence electrons. The lowest BCUT2D eigenvalue weighted by Gasteiger charge is -2.30. The van der Waals surface area contributed by atoms with Crippen molar-refractivity contribution in [3.8, 4) is 0 Å². The van der Waals surface area contributed by atoms with Gasteiger partial charge in [-0.1, -0.05) is 19.4 Å². The van der Waals surface area contributed by atoms with Gasteiger partial charge in [0, 0.05) is 53.8 Å². The summed E-state index contributed by atoms with van der Waals surface area (Å²) in [6, 6.07) is 4.41. The molecule has 3 atom stereocenters. The maximum Gasteiger partial charge on any atom is 0.191 e.